The van der Waals surface area contributed by atoms with Crippen molar-refractivity contribution in [3.63, 3.8) is 0 Å². The van der Waals surface area contributed by atoms with Crippen LogP contribution in [-0.2, 0) is 0 Å². The highest BCUT2D eigenvalue weighted by atomic mass is 19.1. The quantitative estimate of drug-likeness (QED) is 0.909. The van der Waals surface area contributed by atoms with E-state index >= 15 is 0 Å². The molecule has 104 valence electrons. The predicted molar refractivity (Wildman–Crippen MR) is 79.5 cm³/mol. The van der Waals surface area contributed by atoms with E-state index in [-0.39, 0.29) is 5.82 Å². The Morgan fingerprint density at radius 1 is 0.950 bits per heavy atom. The Kier molecular flexibility index (Phi) is 3.41. The molecule has 5 heteroatoms. The number of benzene rings is 1. The molecule has 2 N–H and O–H groups in total. The topological polar surface area (TPSA) is 45.4 Å². The van der Waals surface area contributed by atoms with Gasteiger partial charge in [-0.05, 0) is 24.3 Å². The van der Waals surface area contributed by atoms with Gasteiger partial charge < -0.3 is 15.5 Å². The van der Waals surface area contributed by atoms with Gasteiger partial charge in [-0.3, -0.25) is 0 Å². The molecule has 0 aliphatic carbocycles. The Bertz CT molecular complexity index is 577. The molecule has 0 spiro atoms. The van der Waals surface area contributed by atoms with Crippen molar-refractivity contribution < 1.29 is 4.39 Å². The first-order valence-electron chi connectivity index (χ1n) is 6.70. The van der Waals surface area contributed by atoms with Crippen LogP contribution in [0.4, 0.5) is 21.6 Å². The molecule has 1 aliphatic heterocycles. The van der Waals surface area contributed by atoms with Crippen LogP contribution >= 0.6 is 0 Å². The number of piperazine rings is 1. The minimum Gasteiger partial charge on any atom is -0.397 e. The lowest BCUT2D eigenvalue weighted by atomic mass is 10.2. The number of halogens is 1. The monoisotopic (exact) mass is 272 g/mol. The molecule has 0 amide bonds. The van der Waals surface area contributed by atoms with Gasteiger partial charge in [0, 0.05) is 26.2 Å². The van der Waals surface area contributed by atoms with Gasteiger partial charge in [-0.25, -0.2) is 9.37 Å². The lowest BCUT2D eigenvalue weighted by Gasteiger charge is -2.36. The molecule has 0 saturated carbocycles. The number of pyridine rings is 1. The molecule has 1 aromatic heterocycles. The van der Waals surface area contributed by atoms with Crippen LogP contribution in [0.2, 0.25) is 0 Å². The third-order valence-corrected chi connectivity index (χ3v) is 3.57. The summed E-state index contributed by atoms with van der Waals surface area (Å²) in [6, 6.07) is 10.7. The highest BCUT2D eigenvalue weighted by Gasteiger charge is 2.19. The number of hydrogen-bond acceptors (Lipinski definition) is 4. The number of para-hydroxylation sites is 1. The van der Waals surface area contributed by atoms with Gasteiger partial charge in [0.2, 0.25) is 0 Å². The number of nitrogens with zero attached hydrogens (tertiary/aromatic N) is 3. The SMILES string of the molecule is Nc1ccc(N2CCN(c3ccccc3F)CC2)nc1. The first kappa shape index (κ1) is 12.7. The minimum atomic E-state index is -0.161. The molecule has 0 bridgehead atoms. The molecule has 1 saturated heterocycles. The van der Waals surface area contributed by atoms with Crippen molar-refractivity contribution in [3.8, 4) is 0 Å². The fourth-order valence-electron chi connectivity index (χ4n) is 2.47. The van der Waals surface area contributed by atoms with Crippen LogP contribution in [0.15, 0.2) is 42.6 Å². The first-order chi connectivity index (χ1) is 9.74. The van der Waals surface area contributed by atoms with Crippen molar-refractivity contribution in [1.29, 1.82) is 0 Å². The van der Waals surface area contributed by atoms with E-state index in [0.29, 0.717) is 11.4 Å². The molecule has 4 nitrogen and oxygen atoms in total. The Morgan fingerprint density at radius 3 is 2.30 bits per heavy atom. The minimum absolute atomic E-state index is 0.161. The predicted octanol–water partition coefficient (Wildman–Crippen LogP) is 2.13. The Morgan fingerprint density at radius 2 is 1.65 bits per heavy atom. The highest BCUT2D eigenvalue weighted by molar-refractivity contribution is 5.51. The van der Waals surface area contributed by atoms with E-state index in [2.05, 4.69) is 14.8 Å². The number of anilines is 3. The second-order valence-corrected chi connectivity index (χ2v) is 4.88. The average molecular weight is 272 g/mol. The van der Waals surface area contributed by atoms with E-state index in [1.165, 1.54) is 6.07 Å². The van der Waals surface area contributed by atoms with E-state index in [1.807, 2.05) is 24.3 Å². The molecule has 20 heavy (non-hydrogen) atoms. The molecule has 1 aliphatic rings. The van der Waals surface area contributed by atoms with Gasteiger partial charge in [-0.15, -0.1) is 0 Å². The smallest absolute Gasteiger partial charge is 0.146 e. The molecule has 2 heterocycles. The third-order valence-electron chi connectivity index (χ3n) is 3.57. The fourth-order valence-corrected chi connectivity index (χ4v) is 2.47. The van der Waals surface area contributed by atoms with E-state index in [9.17, 15) is 4.39 Å². The highest BCUT2D eigenvalue weighted by Crippen LogP contribution is 2.22. The van der Waals surface area contributed by atoms with Gasteiger partial charge in [0.15, 0.2) is 0 Å². The molecule has 2 aromatic rings. The lowest BCUT2D eigenvalue weighted by Crippen LogP contribution is -2.47. The van der Waals surface area contributed by atoms with E-state index in [4.69, 9.17) is 5.73 Å². The van der Waals surface area contributed by atoms with Crippen molar-refractivity contribution in [2.75, 3.05) is 41.7 Å². The maximum Gasteiger partial charge on any atom is 0.146 e. The maximum absolute atomic E-state index is 13.8. The fraction of sp³-hybridized carbons (Fsp3) is 0.267. The number of rotatable bonds is 2. The zero-order valence-corrected chi connectivity index (χ0v) is 11.2. The van der Waals surface area contributed by atoms with Gasteiger partial charge in [0.25, 0.3) is 0 Å². The largest absolute Gasteiger partial charge is 0.397 e. The first-order valence-corrected chi connectivity index (χ1v) is 6.70. The Hall–Kier alpha value is -2.30. The van der Waals surface area contributed by atoms with Crippen molar-refractivity contribution >= 4 is 17.2 Å². The molecule has 0 unspecified atom stereocenters. The normalized spacial score (nSPS) is 15.4. The van der Waals surface area contributed by atoms with Gasteiger partial charge in [0.05, 0.1) is 17.6 Å². The summed E-state index contributed by atoms with van der Waals surface area (Å²) in [5.74, 6) is 0.763. The molecule has 1 aromatic carbocycles. The van der Waals surface area contributed by atoms with E-state index in [1.54, 1.807) is 12.3 Å². The molecular weight excluding hydrogens is 255 g/mol. The summed E-state index contributed by atoms with van der Waals surface area (Å²) in [5.41, 5.74) is 6.98. The third kappa shape index (κ3) is 2.52. The van der Waals surface area contributed by atoms with Crippen molar-refractivity contribution in [3.05, 3.63) is 48.4 Å². The number of nitrogens with two attached hydrogens (primary N) is 1. The average Bonchev–Trinajstić information content (AvgIpc) is 2.49. The van der Waals surface area contributed by atoms with Crippen LogP contribution in [0.25, 0.3) is 0 Å². The van der Waals surface area contributed by atoms with Crippen LogP contribution in [0.1, 0.15) is 0 Å². The molecule has 0 atom stereocenters. The van der Waals surface area contributed by atoms with Gasteiger partial charge in [-0.2, -0.15) is 0 Å². The van der Waals surface area contributed by atoms with Crippen LogP contribution in [-0.4, -0.2) is 31.2 Å². The Labute approximate surface area is 117 Å². The summed E-state index contributed by atoms with van der Waals surface area (Å²) < 4.78 is 13.8. The maximum atomic E-state index is 13.8. The summed E-state index contributed by atoms with van der Waals surface area (Å²) in [4.78, 5) is 8.59. The lowest BCUT2D eigenvalue weighted by molar-refractivity contribution is 0.596. The number of aromatic nitrogens is 1. The molecular formula is C15H17FN4. The van der Waals surface area contributed by atoms with Gasteiger partial charge in [-0.1, -0.05) is 12.1 Å². The molecule has 0 radical (unpaired) electrons. The molecule has 3 rings (SSSR count). The van der Waals surface area contributed by atoms with Crippen molar-refractivity contribution in [2.45, 2.75) is 0 Å². The second-order valence-electron chi connectivity index (χ2n) is 4.88. The second kappa shape index (κ2) is 5.36. The van der Waals surface area contributed by atoms with Crippen LogP contribution in [0.5, 0.6) is 0 Å². The summed E-state index contributed by atoms with van der Waals surface area (Å²) in [7, 11) is 0. The summed E-state index contributed by atoms with van der Waals surface area (Å²) in [6.07, 6.45) is 1.67. The number of nitrogen functional groups attached to an aromatic ring is 1. The number of hydrogen-bond donors (Lipinski definition) is 1. The van der Waals surface area contributed by atoms with Crippen LogP contribution < -0.4 is 15.5 Å². The van der Waals surface area contributed by atoms with Crippen molar-refractivity contribution in [2.24, 2.45) is 0 Å². The molecule has 1 fully saturated rings. The van der Waals surface area contributed by atoms with Crippen LogP contribution in [0, 0.1) is 5.82 Å². The van der Waals surface area contributed by atoms with Gasteiger partial charge >= 0.3 is 0 Å². The summed E-state index contributed by atoms with van der Waals surface area (Å²) >= 11 is 0. The van der Waals surface area contributed by atoms with E-state index < -0.39 is 0 Å². The van der Waals surface area contributed by atoms with E-state index in [0.717, 1.165) is 32.0 Å². The van der Waals surface area contributed by atoms with Crippen molar-refractivity contribution in [1.82, 2.24) is 4.98 Å². The summed E-state index contributed by atoms with van der Waals surface area (Å²) in [6.45, 7) is 3.22. The zero-order chi connectivity index (χ0) is 13.9. The van der Waals surface area contributed by atoms with Gasteiger partial charge in [0.1, 0.15) is 11.6 Å². The Balaban J connectivity index is 1.68. The summed E-state index contributed by atoms with van der Waals surface area (Å²) in [5, 5.41) is 0. The standard InChI is InChI=1S/C15H17FN4/c16-13-3-1-2-4-14(13)19-7-9-20(10-8-19)15-6-5-12(17)11-18-15/h1-6,11H,7-10,17H2. The van der Waals surface area contributed by atoms with Crippen LogP contribution in [0.3, 0.4) is 0 Å². The zero-order valence-electron chi connectivity index (χ0n) is 11.2.